The van der Waals surface area contributed by atoms with Gasteiger partial charge < -0.3 is 5.32 Å². The predicted octanol–water partition coefficient (Wildman–Crippen LogP) is 3.69. The van der Waals surface area contributed by atoms with Crippen molar-refractivity contribution in [2.24, 2.45) is 0 Å². The minimum absolute atomic E-state index is 0.0379. The molecule has 1 N–H and O–H groups in total. The summed E-state index contributed by atoms with van der Waals surface area (Å²) in [7, 11) is 1.87. The number of rotatable bonds is 4. The van der Waals surface area contributed by atoms with Crippen molar-refractivity contribution < 1.29 is 4.39 Å². The molecule has 2 nitrogen and oxygen atoms in total. The van der Waals surface area contributed by atoms with E-state index in [1.54, 1.807) is 24.4 Å². The fraction of sp³-hybridized carbons (Fsp3) is 0.267. The number of likely N-dealkylation sites (N-methyl/N-ethyl adjacent to an activating group) is 1. The van der Waals surface area contributed by atoms with E-state index in [0.717, 1.165) is 11.1 Å². The first-order valence-corrected chi connectivity index (χ1v) is 6.52. The van der Waals surface area contributed by atoms with Crippen LogP contribution < -0.4 is 5.32 Å². The number of halogens is 2. The van der Waals surface area contributed by atoms with Crippen LogP contribution in [-0.2, 0) is 6.42 Å². The third kappa shape index (κ3) is 3.11. The van der Waals surface area contributed by atoms with Crippen LogP contribution in [0.5, 0.6) is 0 Å². The fourth-order valence-electron chi connectivity index (χ4n) is 2.17. The average molecular weight is 279 g/mol. The van der Waals surface area contributed by atoms with Gasteiger partial charge in [-0.3, -0.25) is 4.98 Å². The van der Waals surface area contributed by atoms with E-state index in [-0.39, 0.29) is 16.9 Å². The maximum absolute atomic E-state index is 13.9. The fourth-order valence-corrected chi connectivity index (χ4v) is 2.36. The Morgan fingerprint density at radius 1 is 1.37 bits per heavy atom. The molecule has 0 spiro atoms. The van der Waals surface area contributed by atoms with Gasteiger partial charge in [0, 0.05) is 18.4 Å². The largest absolute Gasteiger partial charge is 0.313 e. The molecule has 1 aromatic heterocycles. The highest BCUT2D eigenvalue weighted by molar-refractivity contribution is 6.30. The molecule has 0 radical (unpaired) electrons. The Morgan fingerprint density at radius 3 is 2.84 bits per heavy atom. The zero-order chi connectivity index (χ0) is 13.8. The monoisotopic (exact) mass is 278 g/mol. The van der Waals surface area contributed by atoms with Gasteiger partial charge in [-0.1, -0.05) is 23.7 Å². The Kier molecular flexibility index (Phi) is 4.51. The first-order chi connectivity index (χ1) is 9.13. The number of nitrogens with one attached hydrogen (secondary N) is 1. The molecule has 4 heteroatoms. The molecule has 100 valence electrons. The quantitative estimate of drug-likeness (QED) is 0.923. The van der Waals surface area contributed by atoms with Crippen molar-refractivity contribution >= 4 is 11.6 Å². The molecule has 0 saturated heterocycles. The lowest BCUT2D eigenvalue weighted by molar-refractivity contribution is 0.552. The number of nitrogens with zero attached hydrogens (tertiary/aromatic N) is 1. The Bertz CT molecular complexity index is 572. The number of aromatic nitrogens is 1. The van der Waals surface area contributed by atoms with E-state index >= 15 is 0 Å². The molecule has 2 aromatic rings. The van der Waals surface area contributed by atoms with Crippen LogP contribution in [0, 0.1) is 12.7 Å². The highest BCUT2D eigenvalue weighted by Crippen LogP contribution is 2.25. The van der Waals surface area contributed by atoms with E-state index in [4.69, 9.17) is 11.6 Å². The lowest BCUT2D eigenvalue weighted by Gasteiger charge is -2.19. The zero-order valence-electron chi connectivity index (χ0n) is 11.0. The summed E-state index contributed by atoms with van der Waals surface area (Å²) in [5, 5.41) is 3.38. The Labute approximate surface area is 117 Å². The molecule has 0 fully saturated rings. The Hall–Kier alpha value is -1.45. The second-order valence-electron chi connectivity index (χ2n) is 4.49. The summed E-state index contributed by atoms with van der Waals surface area (Å²) < 4.78 is 13.9. The summed E-state index contributed by atoms with van der Waals surface area (Å²) in [4.78, 5) is 4.08. The number of hydrogen-bond donors (Lipinski definition) is 1. The smallest absolute Gasteiger partial charge is 0.145 e. The number of benzene rings is 1. The molecule has 19 heavy (non-hydrogen) atoms. The van der Waals surface area contributed by atoms with Crippen LogP contribution in [0.4, 0.5) is 4.39 Å². The molecule has 0 aliphatic heterocycles. The zero-order valence-corrected chi connectivity index (χ0v) is 11.7. The van der Waals surface area contributed by atoms with Crippen LogP contribution in [0.1, 0.15) is 22.7 Å². The molecule has 1 heterocycles. The van der Waals surface area contributed by atoms with E-state index < -0.39 is 0 Å². The van der Waals surface area contributed by atoms with Gasteiger partial charge >= 0.3 is 0 Å². The maximum atomic E-state index is 13.9. The van der Waals surface area contributed by atoms with Gasteiger partial charge in [-0.25, -0.2) is 4.39 Å². The van der Waals surface area contributed by atoms with Gasteiger partial charge in [0.25, 0.3) is 0 Å². The molecule has 1 aromatic carbocycles. The first kappa shape index (κ1) is 14.0. The van der Waals surface area contributed by atoms with Gasteiger partial charge in [0.15, 0.2) is 0 Å². The van der Waals surface area contributed by atoms with Crippen LogP contribution in [0.3, 0.4) is 0 Å². The lowest BCUT2D eigenvalue weighted by Crippen LogP contribution is -2.20. The van der Waals surface area contributed by atoms with Crippen molar-refractivity contribution in [1.29, 1.82) is 0 Å². The van der Waals surface area contributed by atoms with Crippen molar-refractivity contribution in [3.8, 4) is 0 Å². The van der Waals surface area contributed by atoms with Crippen molar-refractivity contribution in [3.63, 3.8) is 0 Å². The molecular formula is C15H16ClFN2. The minimum atomic E-state index is -0.337. The van der Waals surface area contributed by atoms with Gasteiger partial charge in [0.2, 0.25) is 0 Å². The normalized spacial score (nSPS) is 12.4. The van der Waals surface area contributed by atoms with Gasteiger partial charge in [-0.2, -0.15) is 0 Å². The Balaban J connectivity index is 2.30. The topological polar surface area (TPSA) is 24.9 Å². The Morgan fingerprint density at radius 2 is 2.16 bits per heavy atom. The highest BCUT2D eigenvalue weighted by Gasteiger charge is 2.15. The standard InChI is InChI=1S/C15H16ClFN2/c1-10-9-19-7-6-12(10)14(18-2)8-11-4-3-5-13(16)15(11)17/h3-7,9,14,18H,8H2,1-2H3. The average Bonchev–Trinajstić information content (AvgIpc) is 2.41. The van der Waals surface area contributed by atoms with Gasteiger partial charge in [0.1, 0.15) is 5.82 Å². The van der Waals surface area contributed by atoms with Crippen molar-refractivity contribution in [3.05, 3.63) is 64.2 Å². The van der Waals surface area contributed by atoms with Gasteiger partial charge in [-0.15, -0.1) is 0 Å². The van der Waals surface area contributed by atoms with E-state index in [2.05, 4.69) is 10.3 Å². The summed E-state index contributed by atoms with van der Waals surface area (Å²) in [6, 6.07) is 7.09. The van der Waals surface area contributed by atoms with Crippen LogP contribution in [0.2, 0.25) is 5.02 Å². The summed E-state index contributed by atoms with van der Waals surface area (Å²) in [5.41, 5.74) is 2.82. The number of pyridine rings is 1. The van der Waals surface area contributed by atoms with Crippen molar-refractivity contribution in [2.45, 2.75) is 19.4 Å². The second-order valence-corrected chi connectivity index (χ2v) is 4.90. The van der Waals surface area contributed by atoms with Crippen LogP contribution in [0.25, 0.3) is 0 Å². The molecular weight excluding hydrogens is 263 g/mol. The van der Waals surface area contributed by atoms with E-state index in [0.29, 0.717) is 12.0 Å². The molecule has 0 aliphatic rings. The van der Waals surface area contributed by atoms with Crippen LogP contribution in [-0.4, -0.2) is 12.0 Å². The predicted molar refractivity (Wildman–Crippen MR) is 75.9 cm³/mol. The van der Waals surface area contributed by atoms with Crippen LogP contribution in [0.15, 0.2) is 36.7 Å². The van der Waals surface area contributed by atoms with E-state index in [9.17, 15) is 4.39 Å². The summed E-state index contributed by atoms with van der Waals surface area (Å²) in [6.07, 6.45) is 4.11. The molecule has 0 amide bonds. The third-order valence-electron chi connectivity index (χ3n) is 3.24. The molecule has 0 aliphatic carbocycles. The summed E-state index contributed by atoms with van der Waals surface area (Å²) in [6.45, 7) is 2.00. The van der Waals surface area contributed by atoms with Crippen molar-refractivity contribution in [1.82, 2.24) is 10.3 Å². The number of hydrogen-bond acceptors (Lipinski definition) is 2. The van der Waals surface area contributed by atoms with E-state index in [1.807, 2.05) is 26.2 Å². The maximum Gasteiger partial charge on any atom is 0.145 e. The van der Waals surface area contributed by atoms with Gasteiger partial charge in [-0.05, 0) is 49.2 Å². The lowest BCUT2D eigenvalue weighted by atomic mass is 9.96. The van der Waals surface area contributed by atoms with E-state index in [1.165, 1.54) is 0 Å². The molecule has 0 bridgehead atoms. The third-order valence-corrected chi connectivity index (χ3v) is 3.54. The highest BCUT2D eigenvalue weighted by atomic mass is 35.5. The molecule has 1 atom stereocenters. The molecule has 1 unspecified atom stereocenters. The van der Waals surface area contributed by atoms with Gasteiger partial charge in [0.05, 0.1) is 5.02 Å². The second kappa shape index (κ2) is 6.13. The van der Waals surface area contributed by atoms with Crippen molar-refractivity contribution in [2.75, 3.05) is 7.05 Å². The SMILES string of the molecule is CNC(Cc1cccc(Cl)c1F)c1ccncc1C. The van der Waals surface area contributed by atoms with Crippen LogP contribution >= 0.6 is 11.6 Å². The first-order valence-electron chi connectivity index (χ1n) is 6.14. The molecule has 2 rings (SSSR count). The minimum Gasteiger partial charge on any atom is -0.313 e. The number of aryl methyl sites for hydroxylation is 1. The molecule has 0 saturated carbocycles. The summed E-state index contributed by atoms with van der Waals surface area (Å²) in [5.74, 6) is -0.337. The summed E-state index contributed by atoms with van der Waals surface area (Å²) >= 11 is 5.81.